The van der Waals surface area contributed by atoms with Crippen LogP contribution in [0.1, 0.15) is 40.0 Å². The van der Waals surface area contributed by atoms with Gasteiger partial charge in [-0.2, -0.15) is 0 Å². The van der Waals surface area contributed by atoms with Crippen LogP contribution in [-0.2, 0) is 19.1 Å². The quantitative estimate of drug-likeness (QED) is 0.387. The molecule has 0 aliphatic carbocycles. The lowest BCUT2D eigenvalue weighted by atomic mass is 9.70. The first-order valence-electron chi connectivity index (χ1n) is 9.84. The number of fused-ring (bicyclic) bond motifs is 1. The predicted octanol–water partition coefficient (Wildman–Crippen LogP) is 0.168. The Morgan fingerprint density at radius 1 is 1.32 bits per heavy atom. The Morgan fingerprint density at radius 2 is 2.00 bits per heavy atom. The summed E-state index contributed by atoms with van der Waals surface area (Å²) < 4.78 is 6.31. The number of carbonyl (C=O) groups is 3. The summed E-state index contributed by atoms with van der Waals surface area (Å²) in [4.78, 5) is 40.7. The molecule has 3 heterocycles. The molecule has 0 saturated carbocycles. The Balaban J connectivity index is 2.00. The van der Waals surface area contributed by atoms with E-state index in [9.17, 15) is 14.4 Å². The lowest BCUT2D eigenvalue weighted by Crippen LogP contribution is -2.58. The van der Waals surface area contributed by atoms with Crippen molar-refractivity contribution in [3.8, 4) is 0 Å². The zero-order chi connectivity index (χ0) is 20.9. The van der Waals surface area contributed by atoms with Gasteiger partial charge in [-0.1, -0.05) is 15.9 Å². The van der Waals surface area contributed by atoms with Gasteiger partial charge in [0.25, 0.3) is 0 Å². The van der Waals surface area contributed by atoms with Gasteiger partial charge in [0, 0.05) is 30.6 Å². The Hall–Kier alpha value is -1.19. The summed E-state index contributed by atoms with van der Waals surface area (Å²) in [5.41, 5.74) is -1.47. The van der Waals surface area contributed by atoms with E-state index < -0.39 is 35.1 Å². The number of hydrogen-bond acceptors (Lipinski definition) is 5. The molecule has 3 rings (SSSR count). The molecule has 158 valence electrons. The van der Waals surface area contributed by atoms with Gasteiger partial charge in [0.15, 0.2) is 0 Å². The fourth-order valence-electron chi connectivity index (χ4n) is 4.97. The van der Waals surface area contributed by atoms with Crippen molar-refractivity contribution in [2.45, 2.75) is 68.1 Å². The van der Waals surface area contributed by atoms with Crippen LogP contribution in [0.5, 0.6) is 0 Å². The minimum Gasteiger partial charge on any atom is -0.396 e. The number of carbonyl (C=O) groups excluding carboxylic acids is 3. The van der Waals surface area contributed by atoms with E-state index in [-0.39, 0.29) is 29.2 Å². The Labute approximate surface area is 173 Å². The minimum absolute atomic E-state index is 0.0262. The highest BCUT2D eigenvalue weighted by molar-refractivity contribution is 9.09. The SMILES string of the molecule is CNC(=O)[C@H]1[C@@H]2OC3(CC2Br)C(C(=O)NC(C)(C)C)N(CCCCO)C(=O)[C@H]13. The standard InChI is InChI=1S/C19H30BrN3O5/c1-18(2,3)22-16(26)14-19-9-10(20)13(28-19)11(15(25)21-4)12(19)17(27)23(14)7-5-6-8-24/h10-14,24H,5-9H2,1-4H3,(H,21,25)(H,22,26)/t10?,11-,12+,13-,14?,19?/m1/s1. The molecule has 2 bridgehead atoms. The largest absolute Gasteiger partial charge is 0.396 e. The van der Waals surface area contributed by atoms with Crippen LogP contribution in [0, 0.1) is 11.8 Å². The third-order valence-corrected chi connectivity index (χ3v) is 6.74. The summed E-state index contributed by atoms with van der Waals surface area (Å²) in [7, 11) is 1.55. The van der Waals surface area contributed by atoms with Crippen molar-refractivity contribution in [1.82, 2.24) is 15.5 Å². The van der Waals surface area contributed by atoms with Crippen LogP contribution in [0.25, 0.3) is 0 Å². The van der Waals surface area contributed by atoms with Crippen LogP contribution < -0.4 is 10.6 Å². The molecular weight excluding hydrogens is 430 g/mol. The number of halogens is 1. The molecule has 6 atom stereocenters. The van der Waals surface area contributed by atoms with Crippen LogP contribution in [0.2, 0.25) is 0 Å². The Bertz CT molecular complexity index is 666. The number of hydrogen-bond donors (Lipinski definition) is 3. The van der Waals surface area contributed by atoms with Crippen molar-refractivity contribution in [2.75, 3.05) is 20.2 Å². The molecular formula is C19H30BrN3O5. The van der Waals surface area contributed by atoms with Crippen molar-refractivity contribution in [3.05, 3.63) is 0 Å². The van der Waals surface area contributed by atoms with Crippen molar-refractivity contribution in [1.29, 1.82) is 0 Å². The molecule has 3 fully saturated rings. The van der Waals surface area contributed by atoms with Crippen molar-refractivity contribution in [2.24, 2.45) is 11.8 Å². The predicted molar refractivity (Wildman–Crippen MR) is 106 cm³/mol. The first kappa shape index (κ1) is 21.5. The molecule has 3 aliphatic rings. The van der Waals surface area contributed by atoms with Crippen molar-refractivity contribution >= 4 is 33.7 Å². The normalized spacial score (nSPS) is 36.6. The second kappa shape index (κ2) is 7.57. The molecule has 3 amide bonds. The molecule has 0 aromatic rings. The third-order valence-electron chi connectivity index (χ3n) is 5.89. The van der Waals surface area contributed by atoms with E-state index in [2.05, 4.69) is 26.6 Å². The van der Waals surface area contributed by atoms with Crippen molar-refractivity contribution < 1.29 is 24.2 Å². The van der Waals surface area contributed by atoms with Crippen LogP contribution in [-0.4, -0.2) is 76.0 Å². The minimum atomic E-state index is -1.01. The summed E-state index contributed by atoms with van der Waals surface area (Å²) in [5, 5.41) is 14.7. The van der Waals surface area contributed by atoms with Gasteiger partial charge in [-0.25, -0.2) is 0 Å². The van der Waals surface area contributed by atoms with E-state index in [0.717, 1.165) is 0 Å². The molecule has 3 saturated heterocycles. The summed E-state index contributed by atoms with van der Waals surface area (Å²) in [6.45, 7) is 6.04. The highest BCUT2D eigenvalue weighted by atomic mass is 79.9. The fourth-order valence-corrected chi connectivity index (χ4v) is 5.91. The summed E-state index contributed by atoms with van der Waals surface area (Å²) in [6, 6.07) is -0.789. The van der Waals surface area contributed by atoms with Gasteiger partial charge in [-0.3, -0.25) is 14.4 Å². The van der Waals surface area contributed by atoms with Crippen LogP contribution >= 0.6 is 15.9 Å². The number of aliphatic hydroxyl groups is 1. The van der Waals surface area contributed by atoms with E-state index in [1.165, 1.54) is 0 Å². The van der Waals surface area contributed by atoms with Gasteiger partial charge in [-0.05, 0) is 40.0 Å². The van der Waals surface area contributed by atoms with Gasteiger partial charge >= 0.3 is 0 Å². The van der Waals surface area contributed by atoms with E-state index in [1.807, 2.05) is 20.8 Å². The maximum absolute atomic E-state index is 13.4. The van der Waals surface area contributed by atoms with Crippen LogP contribution in [0.4, 0.5) is 0 Å². The van der Waals surface area contributed by atoms with Gasteiger partial charge in [0.1, 0.15) is 11.6 Å². The average Bonchev–Trinajstić information content (AvgIpc) is 3.17. The van der Waals surface area contributed by atoms with Gasteiger partial charge in [0.2, 0.25) is 17.7 Å². The number of rotatable bonds is 6. The third kappa shape index (κ3) is 3.35. The molecule has 0 radical (unpaired) electrons. The molecule has 28 heavy (non-hydrogen) atoms. The van der Waals surface area contributed by atoms with Gasteiger partial charge < -0.3 is 25.4 Å². The molecule has 0 aromatic carbocycles. The number of nitrogens with one attached hydrogen (secondary N) is 2. The zero-order valence-electron chi connectivity index (χ0n) is 16.8. The number of ether oxygens (including phenoxy) is 1. The molecule has 3 aliphatic heterocycles. The number of likely N-dealkylation sites (tertiary alicyclic amines) is 1. The number of alkyl halides is 1. The maximum atomic E-state index is 13.4. The summed E-state index contributed by atoms with van der Waals surface area (Å²) >= 11 is 3.61. The monoisotopic (exact) mass is 459 g/mol. The van der Waals surface area contributed by atoms with E-state index >= 15 is 0 Å². The Kier molecular flexibility index (Phi) is 5.82. The number of aliphatic hydroxyl groups excluding tert-OH is 1. The maximum Gasteiger partial charge on any atom is 0.246 e. The summed E-state index contributed by atoms with van der Waals surface area (Å²) in [5.74, 6) is -1.99. The smallest absolute Gasteiger partial charge is 0.246 e. The lowest BCUT2D eigenvalue weighted by Gasteiger charge is -2.35. The zero-order valence-corrected chi connectivity index (χ0v) is 18.4. The summed E-state index contributed by atoms with van der Waals surface area (Å²) in [6.07, 6.45) is 1.19. The molecule has 8 nitrogen and oxygen atoms in total. The second-order valence-electron chi connectivity index (χ2n) is 8.98. The number of unbranched alkanes of at least 4 members (excludes halogenated alkanes) is 1. The van der Waals surface area contributed by atoms with E-state index in [0.29, 0.717) is 25.8 Å². The molecule has 9 heteroatoms. The molecule has 1 spiro atoms. The Morgan fingerprint density at radius 3 is 2.57 bits per heavy atom. The van der Waals surface area contributed by atoms with E-state index in [4.69, 9.17) is 9.84 Å². The van der Waals surface area contributed by atoms with Crippen molar-refractivity contribution in [3.63, 3.8) is 0 Å². The van der Waals surface area contributed by atoms with Gasteiger partial charge in [0.05, 0.1) is 17.9 Å². The fraction of sp³-hybridized carbons (Fsp3) is 0.842. The molecule has 3 unspecified atom stereocenters. The highest BCUT2D eigenvalue weighted by Gasteiger charge is 2.76. The highest BCUT2D eigenvalue weighted by Crippen LogP contribution is 2.59. The average molecular weight is 460 g/mol. The lowest BCUT2D eigenvalue weighted by molar-refractivity contribution is -0.142. The number of nitrogens with zero attached hydrogens (tertiary/aromatic N) is 1. The van der Waals surface area contributed by atoms with Crippen LogP contribution in [0.3, 0.4) is 0 Å². The topological polar surface area (TPSA) is 108 Å². The first-order valence-corrected chi connectivity index (χ1v) is 10.8. The molecule has 3 N–H and O–H groups in total. The van der Waals surface area contributed by atoms with Crippen LogP contribution in [0.15, 0.2) is 0 Å². The number of amides is 3. The van der Waals surface area contributed by atoms with Gasteiger partial charge in [-0.15, -0.1) is 0 Å². The first-order chi connectivity index (χ1) is 13.1. The van der Waals surface area contributed by atoms with E-state index in [1.54, 1.807) is 11.9 Å². The second-order valence-corrected chi connectivity index (χ2v) is 10.2. The molecule has 0 aromatic heterocycles.